The molecule has 0 aliphatic rings. The highest BCUT2D eigenvalue weighted by molar-refractivity contribution is 4.72. The molecule has 0 saturated carbocycles. The summed E-state index contributed by atoms with van der Waals surface area (Å²) in [5, 5.41) is 12.8. The molecular formula is C10H23NO. The molecule has 74 valence electrons. The van der Waals surface area contributed by atoms with Crippen LogP contribution in [-0.2, 0) is 0 Å². The van der Waals surface area contributed by atoms with Crippen molar-refractivity contribution in [1.82, 2.24) is 5.32 Å². The molecule has 0 spiro atoms. The third-order valence-electron chi connectivity index (χ3n) is 1.98. The van der Waals surface area contributed by atoms with E-state index in [0.717, 1.165) is 13.0 Å². The van der Waals surface area contributed by atoms with Crippen LogP contribution < -0.4 is 5.32 Å². The highest BCUT2D eigenvalue weighted by atomic mass is 16.3. The zero-order valence-corrected chi connectivity index (χ0v) is 8.85. The summed E-state index contributed by atoms with van der Waals surface area (Å²) in [6.07, 6.45) is 3.29. The fourth-order valence-corrected chi connectivity index (χ4v) is 1.68. The van der Waals surface area contributed by atoms with Crippen molar-refractivity contribution in [2.75, 3.05) is 13.6 Å². The molecule has 0 aromatic carbocycles. The average molecular weight is 173 g/mol. The van der Waals surface area contributed by atoms with Crippen molar-refractivity contribution in [3.8, 4) is 0 Å². The van der Waals surface area contributed by atoms with Crippen molar-refractivity contribution >= 4 is 0 Å². The second kappa shape index (κ2) is 5.55. The van der Waals surface area contributed by atoms with Gasteiger partial charge in [0.2, 0.25) is 0 Å². The van der Waals surface area contributed by atoms with Crippen molar-refractivity contribution in [1.29, 1.82) is 0 Å². The minimum atomic E-state index is -0.517. The molecule has 0 heterocycles. The summed E-state index contributed by atoms with van der Waals surface area (Å²) in [6.45, 7) is 6.96. The number of aliphatic hydroxyl groups is 1. The largest absolute Gasteiger partial charge is 0.390 e. The quantitative estimate of drug-likeness (QED) is 0.642. The minimum absolute atomic E-state index is 0.517. The van der Waals surface area contributed by atoms with Gasteiger partial charge in [0.1, 0.15) is 0 Å². The molecule has 1 unspecified atom stereocenters. The zero-order valence-electron chi connectivity index (χ0n) is 8.85. The van der Waals surface area contributed by atoms with Crippen LogP contribution in [-0.4, -0.2) is 24.3 Å². The molecule has 0 aliphatic carbocycles. The van der Waals surface area contributed by atoms with E-state index in [9.17, 15) is 5.11 Å². The topological polar surface area (TPSA) is 32.3 Å². The Morgan fingerprint density at radius 2 is 2.00 bits per heavy atom. The molecule has 0 bridgehead atoms. The standard InChI is InChI=1S/C10H23NO/c1-5-6-9(8-11-4)7-10(2,3)12/h9,11-12H,5-8H2,1-4H3. The molecule has 0 aromatic heterocycles. The van der Waals surface area contributed by atoms with Crippen LogP contribution in [0.3, 0.4) is 0 Å². The predicted octanol–water partition coefficient (Wildman–Crippen LogP) is 1.78. The van der Waals surface area contributed by atoms with E-state index < -0.39 is 5.60 Å². The summed E-state index contributed by atoms with van der Waals surface area (Å²) in [5.74, 6) is 0.611. The van der Waals surface area contributed by atoms with Crippen LogP contribution >= 0.6 is 0 Å². The maximum atomic E-state index is 9.61. The molecule has 1 atom stereocenters. The van der Waals surface area contributed by atoms with Crippen LogP contribution in [0.5, 0.6) is 0 Å². The van der Waals surface area contributed by atoms with E-state index in [1.165, 1.54) is 12.8 Å². The van der Waals surface area contributed by atoms with Gasteiger partial charge in [-0.3, -0.25) is 0 Å². The Morgan fingerprint density at radius 1 is 1.42 bits per heavy atom. The molecular weight excluding hydrogens is 150 g/mol. The fourth-order valence-electron chi connectivity index (χ4n) is 1.68. The summed E-state index contributed by atoms with van der Waals surface area (Å²) in [5.41, 5.74) is -0.517. The van der Waals surface area contributed by atoms with Gasteiger partial charge in [-0.2, -0.15) is 0 Å². The number of hydrogen-bond acceptors (Lipinski definition) is 2. The van der Waals surface area contributed by atoms with Crippen molar-refractivity contribution in [2.45, 2.75) is 45.6 Å². The number of hydrogen-bond donors (Lipinski definition) is 2. The van der Waals surface area contributed by atoms with Gasteiger partial charge in [0.05, 0.1) is 5.60 Å². The molecule has 0 fully saturated rings. The Hall–Kier alpha value is -0.0800. The van der Waals surface area contributed by atoms with E-state index >= 15 is 0 Å². The highest BCUT2D eigenvalue weighted by Gasteiger charge is 2.18. The molecule has 0 aliphatic heterocycles. The van der Waals surface area contributed by atoms with Crippen LogP contribution in [0.2, 0.25) is 0 Å². The molecule has 0 radical (unpaired) electrons. The second-order valence-electron chi connectivity index (χ2n) is 4.23. The first kappa shape index (κ1) is 11.9. The normalized spacial score (nSPS) is 14.8. The zero-order chi connectivity index (χ0) is 9.61. The van der Waals surface area contributed by atoms with Crippen LogP contribution in [0.4, 0.5) is 0 Å². The first-order valence-corrected chi connectivity index (χ1v) is 4.86. The molecule has 2 N–H and O–H groups in total. The maximum absolute atomic E-state index is 9.61. The van der Waals surface area contributed by atoms with E-state index in [1.54, 1.807) is 0 Å². The maximum Gasteiger partial charge on any atom is 0.0594 e. The van der Waals surface area contributed by atoms with Gasteiger partial charge >= 0.3 is 0 Å². The van der Waals surface area contributed by atoms with Crippen molar-refractivity contribution in [3.05, 3.63) is 0 Å². The Balaban J connectivity index is 3.77. The Morgan fingerprint density at radius 3 is 2.33 bits per heavy atom. The van der Waals surface area contributed by atoms with Crippen molar-refractivity contribution in [3.63, 3.8) is 0 Å². The van der Waals surface area contributed by atoms with E-state index in [1.807, 2.05) is 20.9 Å². The first-order valence-electron chi connectivity index (χ1n) is 4.86. The average Bonchev–Trinajstić information content (AvgIpc) is 1.84. The van der Waals surface area contributed by atoms with E-state index in [4.69, 9.17) is 0 Å². The van der Waals surface area contributed by atoms with Crippen LogP contribution in [0.25, 0.3) is 0 Å². The van der Waals surface area contributed by atoms with Gasteiger partial charge < -0.3 is 10.4 Å². The molecule has 12 heavy (non-hydrogen) atoms. The van der Waals surface area contributed by atoms with Gasteiger partial charge in [0, 0.05) is 0 Å². The fraction of sp³-hybridized carbons (Fsp3) is 1.00. The van der Waals surface area contributed by atoms with Gasteiger partial charge in [-0.05, 0) is 46.2 Å². The Labute approximate surface area is 76.4 Å². The predicted molar refractivity (Wildman–Crippen MR) is 53.2 cm³/mol. The van der Waals surface area contributed by atoms with Gasteiger partial charge in [0.25, 0.3) is 0 Å². The molecule has 0 aromatic rings. The molecule has 2 nitrogen and oxygen atoms in total. The second-order valence-corrected chi connectivity index (χ2v) is 4.23. The van der Waals surface area contributed by atoms with Crippen molar-refractivity contribution < 1.29 is 5.11 Å². The van der Waals surface area contributed by atoms with Crippen molar-refractivity contribution in [2.24, 2.45) is 5.92 Å². The van der Waals surface area contributed by atoms with Gasteiger partial charge in [0.15, 0.2) is 0 Å². The lowest BCUT2D eigenvalue weighted by Gasteiger charge is -2.24. The SMILES string of the molecule is CCCC(CNC)CC(C)(C)O. The van der Waals surface area contributed by atoms with Crippen LogP contribution in [0, 0.1) is 5.92 Å². The smallest absolute Gasteiger partial charge is 0.0594 e. The van der Waals surface area contributed by atoms with E-state index in [-0.39, 0.29) is 0 Å². The third kappa shape index (κ3) is 6.62. The highest BCUT2D eigenvalue weighted by Crippen LogP contribution is 2.19. The van der Waals surface area contributed by atoms with E-state index in [2.05, 4.69) is 12.2 Å². The first-order chi connectivity index (χ1) is 5.49. The summed E-state index contributed by atoms with van der Waals surface area (Å²) in [4.78, 5) is 0. The lowest BCUT2D eigenvalue weighted by molar-refractivity contribution is 0.0511. The Bertz CT molecular complexity index is 101. The van der Waals surface area contributed by atoms with Gasteiger partial charge in [-0.25, -0.2) is 0 Å². The van der Waals surface area contributed by atoms with E-state index in [0.29, 0.717) is 5.92 Å². The van der Waals surface area contributed by atoms with Gasteiger partial charge in [-0.15, -0.1) is 0 Å². The van der Waals surface area contributed by atoms with Crippen LogP contribution in [0.15, 0.2) is 0 Å². The Kier molecular flexibility index (Phi) is 5.51. The van der Waals surface area contributed by atoms with Crippen LogP contribution in [0.1, 0.15) is 40.0 Å². The lowest BCUT2D eigenvalue weighted by atomic mass is 9.90. The summed E-state index contributed by atoms with van der Waals surface area (Å²) in [7, 11) is 1.97. The molecule has 0 rings (SSSR count). The van der Waals surface area contributed by atoms with Gasteiger partial charge in [-0.1, -0.05) is 13.3 Å². The summed E-state index contributed by atoms with van der Waals surface area (Å²) in [6, 6.07) is 0. The monoisotopic (exact) mass is 173 g/mol. The third-order valence-corrected chi connectivity index (χ3v) is 1.98. The number of rotatable bonds is 6. The molecule has 2 heteroatoms. The molecule has 0 amide bonds. The molecule has 0 saturated heterocycles. The summed E-state index contributed by atoms with van der Waals surface area (Å²) >= 11 is 0. The number of nitrogens with one attached hydrogen (secondary N) is 1. The summed E-state index contributed by atoms with van der Waals surface area (Å²) < 4.78 is 0. The lowest BCUT2D eigenvalue weighted by Crippen LogP contribution is -2.28. The minimum Gasteiger partial charge on any atom is -0.390 e.